The Morgan fingerprint density at radius 3 is 2.54 bits per heavy atom. The van der Waals surface area contributed by atoms with E-state index in [1.165, 1.54) is 6.07 Å². The standard InChI is InChI=1S/C18H20F2N2O2/c1-12(11-24-16-9-8-14(19)10-15(16)20)22-17(23)18(2,21)13-6-4-3-5-7-13/h3-10,12H,11,21H2,1-2H3,(H,22,23). The topological polar surface area (TPSA) is 64.3 Å². The largest absolute Gasteiger partial charge is 0.488 e. The summed E-state index contributed by atoms with van der Waals surface area (Å²) in [6, 6.07) is 11.6. The second kappa shape index (κ2) is 7.40. The first-order valence-electron chi connectivity index (χ1n) is 7.54. The maximum absolute atomic E-state index is 13.5. The van der Waals surface area contributed by atoms with Crippen LogP contribution in [-0.2, 0) is 10.3 Å². The lowest BCUT2D eigenvalue weighted by Gasteiger charge is -2.26. The Morgan fingerprint density at radius 2 is 1.92 bits per heavy atom. The summed E-state index contributed by atoms with van der Waals surface area (Å²) in [7, 11) is 0. The molecular formula is C18H20F2N2O2. The van der Waals surface area contributed by atoms with Crippen LogP contribution in [0.2, 0.25) is 0 Å². The summed E-state index contributed by atoms with van der Waals surface area (Å²) in [6.07, 6.45) is 0. The highest BCUT2D eigenvalue weighted by atomic mass is 19.1. The number of nitrogens with one attached hydrogen (secondary N) is 1. The van der Waals surface area contributed by atoms with E-state index < -0.39 is 23.2 Å². The Morgan fingerprint density at radius 1 is 1.25 bits per heavy atom. The quantitative estimate of drug-likeness (QED) is 0.854. The fraction of sp³-hybridized carbons (Fsp3) is 0.278. The lowest BCUT2D eigenvalue weighted by atomic mass is 9.92. The lowest BCUT2D eigenvalue weighted by molar-refractivity contribution is -0.126. The first kappa shape index (κ1) is 17.9. The molecule has 2 rings (SSSR count). The molecule has 0 aliphatic heterocycles. The third kappa shape index (κ3) is 4.29. The predicted octanol–water partition coefficient (Wildman–Crippen LogP) is 2.72. The fourth-order valence-electron chi connectivity index (χ4n) is 2.14. The summed E-state index contributed by atoms with van der Waals surface area (Å²) >= 11 is 0. The molecule has 0 saturated carbocycles. The summed E-state index contributed by atoms with van der Waals surface area (Å²) in [4.78, 5) is 12.4. The average Bonchev–Trinajstić information content (AvgIpc) is 2.54. The number of rotatable bonds is 6. The van der Waals surface area contributed by atoms with Gasteiger partial charge in [0.2, 0.25) is 5.91 Å². The number of nitrogens with two attached hydrogens (primary N) is 1. The minimum Gasteiger partial charge on any atom is -0.488 e. The molecule has 4 nitrogen and oxygen atoms in total. The monoisotopic (exact) mass is 334 g/mol. The van der Waals surface area contributed by atoms with Crippen LogP contribution in [-0.4, -0.2) is 18.6 Å². The second-order valence-electron chi connectivity index (χ2n) is 5.83. The molecule has 2 atom stereocenters. The zero-order chi connectivity index (χ0) is 17.7. The second-order valence-corrected chi connectivity index (χ2v) is 5.83. The van der Waals surface area contributed by atoms with Gasteiger partial charge in [-0.3, -0.25) is 4.79 Å². The number of hydrogen-bond donors (Lipinski definition) is 2. The van der Waals surface area contributed by atoms with Crippen LogP contribution in [0.4, 0.5) is 8.78 Å². The van der Waals surface area contributed by atoms with Gasteiger partial charge >= 0.3 is 0 Å². The van der Waals surface area contributed by atoms with Gasteiger partial charge < -0.3 is 15.8 Å². The third-order valence-corrected chi connectivity index (χ3v) is 3.61. The predicted molar refractivity (Wildman–Crippen MR) is 87.4 cm³/mol. The van der Waals surface area contributed by atoms with Crippen molar-refractivity contribution in [3.63, 3.8) is 0 Å². The number of carbonyl (C=O) groups excluding carboxylic acids is 1. The van der Waals surface area contributed by atoms with Crippen molar-refractivity contribution in [3.8, 4) is 5.75 Å². The van der Waals surface area contributed by atoms with Gasteiger partial charge in [-0.05, 0) is 31.5 Å². The van der Waals surface area contributed by atoms with Gasteiger partial charge in [-0.1, -0.05) is 30.3 Å². The molecule has 0 aromatic heterocycles. The summed E-state index contributed by atoms with van der Waals surface area (Å²) < 4.78 is 31.6. The number of hydrogen-bond acceptors (Lipinski definition) is 3. The molecule has 2 unspecified atom stereocenters. The Bertz CT molecular complexity index is 705. The maximum atomic E-state index is 13.5. The number of ether oxygens (including phenoxy) is 1. The van der Waals surface area contributed by atoms with E-state index in [2.05, 4.69) is 5.32 Å². The third-order valence-electron chi connectivity index (χ3n) is 3.61. The summed E-state index contributed by atoms with van der Waals surface area (Å²) in [5, 5.41) is 2.73. The fourth-order valence-corrected chi connectivity index (χ4v) is 2.14. The van der Waals surface area contributed by atoms with E-state index in [4.69, 9.17) is 10.5 Å². The zero-order valence-corrected chi connectivity index (χ0v) is 13.6. The van der Waals surface area contributed by atoms with Crippen LogP contribution in [0, 0.1) is 11.6 Å². The van der Waals surface area contributed by atoms with Gasteiger partial charge in [0.15, 0.2) is 11.6 Å². The van der Waals surface area contributed by atoms with E-state index in [1.54, 1.807) is 38.1 Å². The van der Waals surface area contributed by atoms with Gasteiger partial charge in [0.05, 0.1) is 6.04 Å². The highest BCUT2D eigenvalue weighted by Gasteiger charge is 2.31. The van der Waals surface area contributed by atoms with Crippen molar-refractivity contribution in [1.29, 1.82) is 0 Å². The Balaban J connectivity index is 1.94. The molecule has 1 amide bonds. The van der Waals surface area contributed by atoms with E-state index in [1.807, 2.05) is 6.07 Å². The summed E-state index contributed by atoms with van der Waals surface area (Å²) in [5.74, 6) is -1.91. The molecule has 24 heavy (non-hydrogen) atoms. The molecule has 0 aliphatic rings. The average molecular weight is 334 g/mol. The molecule has 0 spiro atoms. The van der Waals surface area contributed by atoms with E-state index >= 15 is 0 Å². The van der Waals surface area contributed by atoms with Crippen molar-refractivity contribution in [3.05, 3.63) is 65.7 Å². The molecule has 6 heteroatoms. The molecule has 0 heterocycles. The number of carbonyl (C=O) groups is 1. The molecule has 2 aromatic carbocycles. The van der Waals surface area contributed by atoms with Crippen LogP contribution in [0.15, 0.2) is 48.5 Å². The molecule has 0 saturated heterocycles. The van der Waals surface area contributed by atoms with Gasteiger partial charge in [-0.25, -0.2) is 8.78 Å². The molecule has 0 fully saturated rings. The van der Waals surface area contributed by atoms with Crippen molar-refractivity contribution in [1.82, 2.24) is 5.32 Å². The van der Waals surface area contributed by atoms with Crippen LogP contribution >= 0.6 is 0 Å². The van der Waals surface area contributed by atoms with Gasteiger partial charge in [0.25, 0.3) is 0 Å². The van der Waals surface area contributed by atoms with E-state index in [0.29, 0.717) is 5.56 Å². The Kier molecular flexibility index (Phi) is 5.51. The van der Waals surface area contributed by atoms with Crippen molar-refractivity contribution >= 4 is 5.91 Å². The highest BCUT2D eigenvalue weighted by Crippen LogP contribution is 2.19. The molecular weight excluding hydrogens is 314 g/mol. The summed E-state index contributed by atoms with van der Waals surface area (Å²) in [5.41, 5.74) is 5.61. The summed E-state index contributed by atoms with van der Waals surface area (Å²) in [6.45, 7) is 3.35. The highest BCUT2D eigenvalue weighted by molar-refractivity contribution is 5.87. The Hall–Kier alpha value is -2.47. The Labute approximate surface area is 139 Å². The smallest absolute Gasteiger partial charge is 0.244 e. The number of amides is 1. The van der Waals surface area contributed by atoms with Crippen LogP contribution in [0.5, 0.6) is 5.75 Å². The van der Waals surface area contributed by atoms with Crippen molar-refractivity contribution < 1.29 is 18.3 Å². The van der Waals surface area contributed by atoms with Crippen LogP contribution in [0.1, 0.15) is 19.4 Å². The van der Waals surface area contributed by atoms with Gasteiger partial charge in [-0.2, -0.15) is 0 Å². The molecule has 0 aliphatic carbocycles. The van der Waals surface area contributed by atoms with E-state index in [-0.39, 0.29) is 18.3 Å². The SMILES string of the molecule is CC(COc1ccc(F)cc1F)NC(=O)C(C)(N)c1ccccc1. The zero-order valence-electron chi connectivity index (χ0n) is 13.6. The molecule has 3 N–H and O–H groups in total. The minimum atomic E-state index is -1.20. The number of benzene rings is 2. The maximum Gasteiger partial charge on any atom is 0.244 e. The van der Waals surface area contributed by atoms with Crippen LogP contribution < -0.4 is 15.8 Å². The number of halogens is 2. The first-order valence-corrected chi connectivity index (χ1v) is 7.54. The first-order chi connectivity index (χ1) is 11.3. The van der Waals surface area contributed by atoms with Gasteiger partial charge in [0, 0.05) is 6.07 Å². The molecule has 0 bridgehead atoms. The van der Waals surface area contributed by atoms with Crippen molar-refractivity contribution in [2.24, 2.45) is 5.73 Å². The normalized spacial score (nSPS) is 14.5. The molecule has 128 valence electrons. The molecule has 0 radical (unpaired) electrons. The minimum absolute atomic E-state index is 0.0269. The molecule has 2 aromatic rings. The van der Waals surface area contributed by atoms with Crippen LogP contribution in [0.3, 0.4) is 0 Å². The van der Waals surface area contributed by atoms with E-state index in [0.717, 1.165) is 12.1 Å². The van der Waals surface area contributed by atoms with Gasteiger partial charge in [-0.15, -0.1) is 0 Å². The lowest BCUT2D eigenvalue weighted by Crippen LogP contribution is -2.52. The van der Waals surface area contributed by atoms with Crippen LogP contribution in [0.25, 0.3) is 0 Å². The van der Waals surface area contributed by atoms with Crippen molar-refractivity contribution in [2.75, 3.05) is 6.61 Å². The van der Waals surface area contributed by atoms with Crippen molar-refractivity contribution in [2.45, 2.75) is 25.4 Å². The van der Waals surface area contributed by atoms with Gasteiger partial charge in [0.1, 0.15) is 18.0 Å². The van der Waals surface area contributed by atoms with E-state index in [9.17, 15) is 13.6 Å².